The first kappa shape index (κ1) is 20.7. The number of amides is 2. The molecule has 2 amide bonds. The van der Waals surface area contributed by atoms with E-state index < -0.39 is 0 Å². The number of hydrogen-bond donors (Lipinski definition) is 2. The zero-order valence-electron chi connectivity index (χ0n) is 16.9. The minimum Gasteiger partial charge on any atom is -0.493 e. The van der Waals surface area contributed by atoms with Crippen LogP contribution in [0, 0.1) is 0 Å². The molecule has 29 heavy (non-hydrogen) atoms. The second kappa shape index (κ2) is 9.95. The van der Waals surface area contributed by atoms with Crippen molar-refractivity contribution in [1.82, 2.24) is 20.4 Å². The van der Waals surface area contributed by atoms with Gasteiger partial charge in [-0.05, 0) is 37.1 Å². The molecule has 1 fully saturated rings. The number of nitrogens with one attached hydrogen (secondary N) is 2. The lowest BCUT2D eigenvalue weighted by atomic mass is 9.96. The zero-order valence-corrected chi connectivity index (χ0v) is 16.9. The van der Waals surface area contributed by atoms with E-state index in [-0.39, 0.29) is 24.2 Å². The van der Waals surface area contributed by atoms with Crippen LogP contribution in [0.15, 0.2) is 35.1 Å². The van der Waals surface area contributed by atoms with Gasteiger partial charge in [-0.2, -0.15) is 5.10 Å². The lowest BCUT2D eigenvalue weighted by molar-refractivity contribution is 0.232. The van der Waals surface area contributed by atoms with E-state index in [1.807, 2.05) is 12.1 Å². The van der Waals surface area contributed by atoms with Crippen LogP contribution in [-0.4, -0.2) is 42.6 Å². The second-order valence-corrected chi connectivity index (χ2v) is 7.08. The Morgan fingerprint density at radius 2 is 1.86 bits per heavy atom. The van der Waals surface area contributed by atoms with E-state index in [0.717, 1.165) is 31.2 Å². The summed E-state index contributed by atoms with van der Waals surface area (Å²) in [7, 11) is 3.15. The van der Waals surface area contributed by atoms with Crippen LogP contribution < -0.4 is 25.7 Å². The highest BCUT2D eigenvalue weighted by Crippen LogP contribution is 2.31. The highest BCUT2D eigenvalue weighted by Gasteiger charge is 2.15. The molecule has 1 aromatic heterocycles. The largest absolute Gasteiger partial charge is 0.493 e. The van der Waals surface area contributed by atoms with Gasteiger partial charge in [0.1, 0.15) is 0 Å². The van der Waals surface area contributed by atoms with Crippen molar-refractivity contribution in [3.8, 4) is 22.8 Å². The number of methoxy groups -OCH3 is 2. The van der Waals surface area contributed by atoms with Gasteiger partial charge in [-0.3, -0.25) is 4.79 Å². The summed E-state index contributed by atoms with van der Waals surface area (Å²) in [5.41, 5.74) is 1.22. The van der Waals surface area contributed by atoms with Crippen molar-refractivity contribution in [1.29, 1.82) is 0 Å². The summed E-state index contributed by atoms with van der Waals surface area (Å²) in [6.45, 7) is 0.610. The Kier molecular flexibility index (Phi) is 7.10. The van der Waals surface area contributed by atoms with Gasteiger partial charge in [-0.15, -0.1) is 0 Å². The number of rotatable bonds is 7. The molecule has 3 rings (SSSR count). The number of hydrogen-bond acceptors (Lipinski definition) is 5. The molecule has 0 aliphatic heterocycles. The topological polar surface area (TPSA) is 94.5 Å². The number of carbonyl (C=O) groups is 1. The maximum atomic E-state index is 12.1. The fourth-order valence-corrected chi connectivity index (χ4v) is 3.52. The zero-order chi connectivity index (χ0) is 20.6. The SMILES string of the molecule is COc1ccc(-c2ccc(=O)n(CCNC(=O)NC3CCCCC3)n2)cc1OC. The van der Waals surface area contributed by atoms with Crippen LogP contribution in [0.5, 0.6) is 11.5 Å². The van der Waals surface area contributed by atoms with Gasteiger partial charge < -0.3 is 20.1 Å². The molecule has 0 unspecified atom stereocenters. The average molecular weight is 400 g/mol. The molecule has 156 valence electrons. The number of benzene rings is 1. The van der Waals surface area contributed by atoms with E-state index in [1.165, 1.54) is 17.2 Å². The molecule has 1 aliphatic rings. The second-order valence-electron chi connectivity index (χ2n) is 7.08. The van der Waals surface area contributed by atoms with E-state index in [0.29, 0.717) is 23.7 Å². The van der Waals surface area contributed by atoms with Gasteiger partial charge in [0.15, 0.2) is 11.5 Å². The maximum absolute atomic E-state index is 12.1. The summed E-state index contributed by atoms with van der Waals surface area (Å²) in [5.74, 6) is 1.21. The average Bonchev–Trinajstić information content (AvgIpc) is 2.75. The van der Waals surface area contributed by atoms with E-state index in [9.17, 15) is 9.59 Å². The lowest BCUT2D eigenvalue weighted by Crippen LogP contribution is -2.44. The van der Waals surface area contributed by atoms with Crippen LogP contribution in [0.2, 0.25) is 0 Å². The fraction of sp³-hybridized carbons (Fsp3) is 0.476. The quantitative estimate of drug-likeness (QED) is 0.745. The minimum absolute atomic E-state index is 0.194. The monoisotopic (exact) mass is 400 g/mol. The Bertz CT molecular complexity index is 890. The Labute approximate surface area is 170 Å². The van der Waals surface area contributed by atoms with Gasteiger partial charge in [0, 0.05) is 24.2 Å². The first-order valence-electron chi connectivity index (χ1n) is 9.95. The summed E-state index contributed by atoms with van der Waals surface area (Å²) < 4.78 is 11.9. The molecule has 1 saturated carbocycles. The van der Waals surface area contributed by atoms with Crippen molar-refractivity contribution in [2.45, 2.75) is 44.7 Å². The van der Waals surface area contributed by atoms with Crippen molar-refractivity contribution >= 4 is 6.03 Å². The highest BCUT2D eigenvalue weighted by molar-refractivity contribution is 5.74. The number of ether oxygens (including phenoxy) is 2. The molecule has 1 aromatic carbocycles. The van der Waals surface area contributed by atoms with Crippen LogP contribution >= 0.6 is 0 Å². The lowest BCUT2D eigenvalue weighted by Gasteiger charge is -2.22. The van der Waals surface area contributed by atoms with Gasteiger partial charge >= 0.3 is 6.03 Å². The van der Waals surface area contributed by atoms with E-state index in [4.69, 9.17) is 9.47 Å². The molecule has 2 N–H and O–H groups in total. The van der Waals surface area contributed by atoms with Crippen LogP contribution in [0.1, 0.15) is 32.1 Å². The van der Waals surface area contributed by atoms with Crippen LogP contribution in [0.4, 0.5) is 4.79 Å². The van der Waals surface area contributed by atoms with E-state index in [1.54, 1.807) is 26.4 Å². The Balaban J connectivity index is 1.62. The molecule has 0 saturated heterocycles. The van der Waals surface area contributed by atoms with Crippen molar-refractivity contribution in [3.63, 3.8) is 0 Å². The number of urea groups is 1. The molecule has 8 heteroatoms. The highest BCUT2D eigenvalue weighted by atomic mass is 16.5. The summed E-state index contributed by atoms with van der Waals surface area (Å²) in [6.07, 6.45) is 5.62. The van der Waals surface area contributed by atoms with Crippen molar-refractivity contribution in [3.05, 3.63) is 40.7 Å². The molecule has 0 spiro atoms. The van der Waals surface area contributed by atoms with Crippen LogP contribution in [-0.2, 0) is 6.54 Å². The Morgan fingerprint density at radius 1 is 1.10 bits per heavy atom. The van der Waals surface area contributed by atoms with Crippen molar-refractivity contribution in [2.75, 3.05) is 20.8 Å². The van der Waals surface area contributed by atoms with Crippen LogP contribution in [0.25, 0.3) is 11.3 Å². The van der Waals surface area contributed by atoms with Gasteiger partial charge in [0.2, 0.25) is 0 Å². The molecule has 1 heterocycles. The molecular weight excluding hydrogens is 372 g/mol. The summed E-state index contributed by atoms with van der Waals surface area (Å²) in [4.78, 5) is 24.2. The normalized spacial score (nSPS) is 14.3. The van der Waals surface area contributed by atoms with E-state index >= 15 is 0 Å². The smallest absolute Gasteiger partial charge is 0.315 e. The standard InChI is InChI=1S/C21H28N4O4/c1-28-18-10-8-15(14-19(18)29-2)17-9-11-20(26)25(24-17)13-12-22-21(27)23-16-6-4-3-5-7-16/h8-11,14,16H,3-7,12-13H2,1-2H3,(H2,22,23,27). The molecule has 0 atom stereocenters. The number of carbonyl (C=O) groups excluding carboxylic acids is 1. The third kappa shape index (κ3) is 5.49. The summed E-state index contributed by atoms with van der Waals surface area (Å²) >= 11 is 0. The van der Waals surface area contributed by atoms with Gasteiger partial charge in [-0.25, -0.2) is 9.48 Å². The van der Waals surface area contributed by atoms with Gasteiger partial charge in [0.25, 0.3) is 5.56 Å². The van der Waals surface area contributed by atoms with E-state index in [2.05, 4.69) is 15.7 Å². The molecule has 8 nitrogen and oxygen atoms in total. The predicted octanol–water partition coefficient (Wildman–Crippen LogP) is 2.56. The molecule has 1 aliphatic carbocycles. The Hall–Kier alpha value is -3.03. The first-order chi connectivity index (χ1) is 14.1. The molecule has 0 radical (unpaired) electrons. The third-order valence-corrected chi connectivity index (χ3v) is 5.10. The van der Waals surface area contributed by atoms with Gasteiger partial charge in [0.05, 0.1) is 26.5 Å². The first-order valence-corrected chi connectivity index (χ1v) is 9.95. The maximum Gasteiger partial charge on any atom is 0.315 e. The van der Waals surface area contributed by atoms with Crippen molar-refractivity contribution in [2.24, 2.45) is 0 Å². The minimum atomic E-state index is -0.219. The predicted molar refractivity (Wildman–Crippen MR) is 110 cm³/mol. The summed E-state index contributed by atoms with van der Waals surface area (Å²) in [6, 6.07) is 8.66. The third-order valence-electron chi connectivity index (χ3n) is 5.10. The van der Waals surface area contributed by atoms with Crippen LogP contribution in [0.3, 0.4) is 0 Å². The number of aromatic nitrogens is 2. The van der Waals surface area contributed by atoms with Crippen molar-refractivity contribution < 1.29 is 14.3 Å². The molecular formula is C21H28N4O4. The Morgan fingerprint density at radius 3 is 2.59 bits per heavy atom. The summed E-state index contributed by atoms with van der Waals surface area (Å²) in [5, 5.41) is 10.2. The number of nitrogens with zero attached hydrogens (tertiary/aromatic N) is 2. The molecule has 2 aromatic rings. The van der Waals surface area contributed by atoms with Gasteiger partial charge in [-0.1, -0.05) is 19.3 Å². The molecule has 0 bridgehead atoms. The fourth-order valence-electron chi connectivity index (χ4n) is 3.52.